The number of nitrogens with zero attached hydrogens (tertiary/aromatic N) is 5. The van der Waals surface area contributed by atoms with Crippen LogP contribution in [0.3, 0.4) is 0 Å². The van der Waals surface area contributed by atoms with Crippen molar-refractivity contribution >= 4 is 28.3 Å². The van der Waals surface area contributed by atoms with Gasteiger partial charge in [-0.05, 0) is 49.2 Å². The second-order valence-corrected chi connectivity index (χ2v) is 9.95. The normalized spacial score (nSPS) is 19.2. The maximum absolute atomic E-state index is 12.8. The van der Waals surface area contributed by atoms with E-state index in [4.69, 9.17) is 11.6 Å². The average molecular weight is 498 g/mol. The van der Waals surface area contributed by atoms with Crippen LogP contribution in [0.1, 0.15) is 36.7 Å². The van der Waals surface area contributed by atoms with Crippen LogP contribution in [0.4, 0.5) is 5.69 Å². The predicted molar refractivity (Wildman–Crippen MR) is 144 cm³/mol. The highest BCUT2D eigenvalue weighted by atomic mass is 35.5. The molecule has 0 amide bonds. The Morgan fingerprint density at radius 1 is 0.972 bits per heavy atom. The van der Waals surface area contributed by atoms with Crippen molar-refractivity contribution in [2.75, 3.05) is 18.0 Å². The van der Waals surface area contributed by atoms with Gasteiger partial charge in [-0.1, -0.05) is 54.1 Å². The topological polar surface area (TPSA) is 65.2 Å². The summed E-state index contributed by atoms with van der Waals surface area (Å²) in [6.07, 6.45) is 0. The number of anilines is 1. The third-order valence-electron chi connectivity index (χ3n) is 7.14. The Hall–Kier alpha value is -3.66. The molecule has 6 nitrogen and oxygen atoms in total. The number of benzene rings is 2. The fourth-order valence-electron chi connectivity index (χ4n) is 5.33. The lowest BCUT2D eigenvalue weighted by Crippen LogP contribution is -2.57. The average Bonchev–Trinajstić information content (AvgIpc) is 2.88. The molecular formula is C29H28ClN5O. The largest absolute Gasteiger partial charge is 0.364 e. The summed E-state index contributed by atoms with van der Waals surface area (Å²) in [5, 5.41) is 10.2. The number of piperazine rings is 1. The lowest BCUT2D eigenvalue weighted by molar-refractivity contribution is 0.130. The van der Waals surface area contributed by atoms with Gasteiger partial charge < -0.3 is 9.47 Å². The van der Waals surface area contributed by atoms with Gasteiger partial charge in [0.25, 0.3) is 5.56 Å². The Labute approximate surface area is 216 Å². The number of nitriles is 1. The Morgan fingerprint density at radius 3 is 2.44 bits per heavy atom. The summed E-state index contributed by atoms with van der Waals surface area (Å²) in [4.78, 5) is 22.2. The van der Waals surface area contributed by atoms with Crippen molar-refractivity contribution < 1.29 is 0 Å². The second-order valence-electron chi connectivity index (χ2n) is 9.52. The Morgan fingerprint density at radius 2 is 1.72 bits per heavy atom. The molecule has 7 heteroatoms. The summed E-state index contributed by atoms with van der Waals surface area (Å²) in [5.74, 6) is 0. The first-order valence-corrected chi connectivity index (χ1v) is 12.5. The molecule has 5 rings (SSSR count). The third-order valence-corrected chi connectivity index (χ3v) is 7.37. The molecule has 36 heavy (non-hydrogen) atoms. The summed E-state index contributed by atoms with van der Waals surface area (Å²) in [7, 11) is 1.74. The number of aryl methyl sites for hydroxylation is 1. The highest BCUT2D eigenvalue weighted by Gasteiger charge is 2.36. The van der Waals surface area contributed by atoms with Crippen LogP contribution >= 0.6 is 11.6 Å². The number of fused-ring (bicyclic) bond motifs is 1. The number of halogens is 1. The van der Waals surface area contributed by atoms with E-state index in [1.807, 2.05) is 24.3 Å². The maximum Gasteiger partial charge on any atom is 0.252 e. The Bertz CT molecular complexity index is 1510. The number of hydrogen-bond acceptors (Lipinski definition) is 5. The van der Waals surface area contributed by atoms with Crippen LogP contribution in [0.15, 0.2) is 77.6 Å². The molecule has 1 unspecified atom stereocenters. The van der Waals surface area contributed by atoms with E-state index in [1.165, 1.54) is 5.56 Å². The Balaban J connectivity index is 1.56. The van der Waals surface area contributed by atoms with Gasteiger partial charge in [0.1, 0.15) is 17.3 Å². The SMILES string of the molecule is C[C@@H]1CN(c2cc(=O)n(C)c3ccc(C#N)nc23)[C@@H](C)CN1C(c1ccccc1)c1cccc(Cl)c1. The molecule has 1 aliphatic heterocycles. The van der Waals surface area contributed by atoms with Gasteiger partial charge in [0.2, 0.25) is 0 Å². The van der Waals surface area contributed by atoms with Gasteiger partial charge in [-0.3, -0.25) is 9.69 Å². The van der Waals surface area contributed by atoms with E-state index in [0.29, 0.717) is 17.8 Å². The monoisotopic (exact) mass is 497 g/mol. The zero-order valence-electron chi connectivity index (χ0n) is 20.6. The van der Waals surface area contributed by atoms with Crippen molar-refractivity contribution in [3.05, 3.63) is 105 Å². The van der Waals surface area contributed by atoms with Gasteiger partial charge in [0.05, 0.1) is 17.2 Å². The van der Waals surface area contributed by atoms with E-state index in [2.05, 4.69) is 65.0 Å². The van der Waals surface area contributed by atoms with Gasteiger partial charge in [-0.15, -0.1) is 0 Å². The minimum absolute atomic E-state index is 0.0493. The molecule has 1 fully saturated rings. The van der Waals surface area contributed by atoms with Gasteiger partial charge >= 0.3 is 0 Å². The zero-order chi connectivity index (χ0) is 25.4. The summed E-state index contributed by atoms with van der Waals surface area (Å²) in [6.45, 7) is 5.89. The molecule has 3 atom stereocenters. The molecule has 0 radical (unpaired) electrons. The van der Waals surface area contributed by atoms with Gasteiger partial charge in [0, 0.05) is 43.3 Å². The number of hydrogen-bond donors (Lipinski definition) is 0. The molecule has 182 valence electrons. The Kier molecular flexibility index (Phi) is 6.53. The quantitative estimate of drug-likeness (QED) is 0.390. The predicted octanol–water partition coefficient (Wildman–Crippen LogP) is 5.15. The van der Waals surface area contributed by atoms with Crippen LogP contribution < -0.4 is 10.5 Å². The van der Waals surface area contributed by atoms with Crippen LogP contribution in [0, 0.1) is 11.3 Å². The summed E-state index contributed by atoms with van der Waals surface area (Å²) in [6, 6.07) is 26.2. The molecule has 0 aliphatic carbocycles. The van der Waals surface area contributed by atoms with Crippen molar-refractivity contribution in [1.29, 1.82) is 5.26 Å². The third kappa shape index (κ3) is 4.37. The number of pyridine rings is 2. The van der Waals surface area contributed by atoms with Crippen molar-refractivity contribution in [3.63, 3.8) is 0 Å². The molecule has 1 aliphatic rings. The van der Waals surface area contributed by atoms with Crippen molar-refractivity contribution in [3.8, 4) is 6.07 Å². The van der Waals surface area contributed by atoms with Gasteiger partial charge in [0.15, 0.2) is 0 Å². The molecule has 0 bridgehead atoms. The fraction of sp³-hybridized carbons (Fsp3) is 0.276. The molecule has 0 spiro atoms. The van der Waals surface area contributed by atoms with Crippen LogP contribution in [-0.4, -0.2) is 39.6 Å². The first-order chi connectivity index (χ1) is 17.4. The van der Waals surface area contributed by atoms with E-state index in [9.17, 15) is 10.1 Å². The highest BCUT2D eigenvalue weighted by molar-refractivity contribution is 6.30. The maximum atomic E-state index is 12.8. The number of aromatic nitrogens is 2. The highest BCUT2D eigenvalue weighted by Crippen LogP contribution is 2.36. The van der Waals surface area contributed by atoms with Gasteiger partial charge in [-0.2, -0.15) is 5.26 Å². The second kappa shape index (κ2) is 9.77. The fourth-order valence-corrected chi connectivity index (χ4v) is 5.53. The molecule has 3 heterocycles. The van der Waals surface area contributed by atoms with E-state index < -0.39 is 0 Å². The zero-order valence-corrected chi connectivity index (χ0v) is 21.4. The summed E-state index contributed by atoms with van der Waals surface area (Å²) in [5.41, 5.74) is 4.80. The van der Waals surface area contributed by atoms with Crippen molar-refractivity contribution in [2.24, 2.45) is 7.05 Å². The van der Waals surface area contributed by atoms with E-state index >= 15 is 0 Å². The molecule has 2 aromatic heterocycles. The minimum atomic E-state index is -0.0904. The lowest BCUT2D eigenvalue weighted by atomic mass is 9.93. The van der Waals surface area contributed by atoms with Gasteiger partial charge in [-0.25, -0.2) is 4.98 Å². The van der Waals surface area contributed by atoms with E-state index in [-0.39, 0.29) is 23.7 Å². The lowest BCUT2D eigenvalue weighted by Gasteiger charge is -2.48. The smallest absolute Gasteiger partial charge is 0.252 e. The summed E-state index contributed by atoms with van der Waals surface area (Å²) < 4.78 is 1.59. The number of rotatable bonds is 4. The van der Waals surface area contributed by atoms with Crippen LogP contribution in [-0.2, 0) is 7.05 Å². The molecule has 0 saturated carbocycles. The van der Waals surface area contributed by atoms with E-state index in [0.717, 1.165) is 28.3 Å². The first-order valence-electron chi connectivity index (χ1n) is 12.1. The van der Waals surface area contributed by atoms with Crippen LogP contribution in [0.5, 0.6) is 0 Å². The van der Waals surface area contributed by atoms with E-state index in [1.54, 1.807) is 29.8 Å². The minimum Gasteiger partial charge on any atom is -0.364 e. The molecular weight excluding hydrogens is 470 g/mol. The summed E-state index contributed by atoms with van der Waals surface area (Å²) >= 11 is 6.40. The molecule has 2 aromatic carbocycles. The standard InChI is InChI=1S/C29H28ClN5O/c1-19-18-35(29(21-8-5-4-6-9-21)22-10-7-11-23(30)14-22)20(2)17-34(19)26-15-27(36)33(3)25-13-12-24(16-31)32-28(25)26/h4-15,19-20,29H,17-18H2,1-3H3/t19-,20+,29?/m0/s1. The molecule has 1 saturated heterocycles. The van der Waals surface area contributed by atoms with Crippen molar-refractivity contribution in [2.45, 2.75) is 32.0 Å². The van der Waals surface area contributed by atoms with Crippen molar-refractivity contribution in [1.82, 2.24) is 14.5 Å². The molecule has 4 aromatic rings. The van der Waals surface area contributed by atoms with Crippen LogP contribution in [0.25, 0.3) is 11.0 Å². The first kappa shape index (κ1) is 24.1. The molecule has 0 N–H and O–H groups in total. The van der Waals surface area contributed by atoms with Crippen LogP contribution in [0.2, 0.25) is 5.02 Å².